The summed E-state index contributed by atoms with van der Waals surface area (Å²) in [6.45, 7) is 0. The molecule has 0 aromatic heterocycles. The fraction of sp³-hybridized carbons (Fsp3) is 0.222. The van der Waals surface area contributed by atoms with Crippen LogP contribution in [0.4, 0.5) is 5.69 Å². The second-order valence-corrected chi connectivity index (χ2v) is 5.60. The molecule has 0 aliphatic carbocycles. The van der Waals surface area contributed by atoms with Gasteiger partial charge in [0.05, 0.1) is 12.0 Å². The number of benzene rings is 2. The van der Waals surface area contributed by atoms with E-state index in [2.05, 4.69) is 0 Å². The number of carbonyl (C=O) groups is 2. The zero-order chi connectivity index (χ0) is 18.6. The first-order chi connectivity index (χ1) is 11.9. The maximum Gasteiger partial charge on any atom is 0.317 e. The Kier molecular flexibility index (Phi) is 5.49. The minimum atomic E-state index is -0.777. The van der Waals surface area contributed by atoms with Crippen molar-refractivity contribution in [1.82, 2.24) is 4.90 Å². The Balaban J connectivity index is 2.63. The molecule has 2 aromatic carbocycles. The van der Waals surface area contributed by atoms with Crippen LogP contribution in [0, 0.1) is 10.1 Å². The molecular formula is C18H18N2O5. The number of nitro groups is 1. The summed E-state index contributed by atoms with van der Waals surface area (Å²) in [5.41, 5.74) is 0.747. The molecule has 1 unspecified atom stereocenters. The number of nitrogens with zero attached hydrogens (tertiary/aromatic N) is 2. The third kappa shape index (κ3) is 3.82. The average molecular weight is 342 g/mol. The predicted octanol–water partition coefficient (Wildman–Crippen LogP) is 2.60. The number of nitro benzene ring substituents is 1. The summed E-state index contributed by atoms with van der Waals surface area (Å²) in [7, 11) is 4.29. The molecule has 0 bridgehead atoms. The van der Waals surface area contributed by atoms with Gasteiger partial charge in [-0.3, -0.25) is 19.7 Å². The van der Waals surface area contributed by atoms with Gasteiger partial charge in [-0.1, -0.05) is 36.4 Å². The minimum Gasteiger partial charge on any atom is -0.468 e. The van der Waals surface area contributed by atoms with E-state index in [0.717, 1.165) is 0 Å². The molecule has 1 amide bonds. The Morgan fingerprint density at radius 1 is 1.08 bits per heavy atom. The summed E-state index contributed by atoms with van der Waals surface area (Å²) in [5, 5.41) is 11.2. The van der Waals surface area contributed by atoms with E-state index in [1.165, 1.54) is 44.3 Å². The van der Waals surface area contributed by atoms with Gasteiger partial charge in [0.15, 0.2) is 0 Å². The largest absolute Gasteiger partial charge is 0.468 e. The van der Waals surface area contributed by atoms with Gasteiger partial charge in [0.25, 0.3) is 11.6 Å². The Morgan fingerprint density at radius 2 is 1.72 bits per heavy atom. The van der Waals surface area contributed by atoms with E-state index in [9.17, 15) is 19.7 Å². The Bertz CT molecular complexity index is 802. The molecule has 0 aliphatic heterocycles. The summed E-state index contributed by atoms with van der Waals surface area (Å²) >= 11 is 0. The van der Waals surface area contributed by atoms with Crippen LogP contribution in [-0.4, -0.2) is 42.9 Å². The molecule has 0 fully saturated rings. The lowest BCUT2D eigenvalue weighted by Gasteiger charge is -2.17. The van der Waals surface area contributed by atoms with E-state index >= 15 is 0 Å². The Morgan fingerprint density at radius 3 is 2.24 bits per heavy atom. The first-order valence-electron chi connectivity index (χ1n) is 7.49. The van der Waals surface area contributed by atoms with Crippen molar-refractivity contribution in [2.24, 2.45) is 0 Å². The minimum absolute atomic E-state index is 0.0719. The van der Waals surface area contributed by atoms with Crippen molar-refractivity contribution in [3.8, 4) is 0 Å². The van der Waals surface area contributed by atoms with Crippen LogP contribution in [-0.2, 0) is 9.53 Å². The number of hydrogen-bond donors (Lipinski definition) is 0. The van der Waals surface area contributed by atoms with Gasteiger partial charge in [-0.15, -0.1) is 0 Å². The normalized spacial score (nSPS) is 11.5. The molecule has 0 saturated heterocycles. The molecule has 0 radical (unpaired) electrons. The number of methoxy groups -OCH3 is 1. The summed E-state index contributed by atoms with van der Waals surface area (Å²) in [4.78, 5) is 36.5. The molecule has 0 aliphatic rings. The number of rotatable bonds is 5. The standard InChI is InChI=1S/C18H18N2O5/c1-19(2)17(21)14-11-13(9-10-15(14)20(23)24)16(18(22)25-3)12-7-5-4-6-8-12/h4-11,16H,1-3H3. The molecule has 1 atom stereocenters. The van der Waals surface area contributed by atoms with Crippen LogP contribution >= 0.6 is 0 Å². The highest BCUT2D eigenvalue weighted by Gasteiger charge is 2.28. The zero-order valence-corrected chi connectivity index (χ0v) is 14.1. The van der Waals surface area contributed by atoms with Crippen LogP contribution < -0.4 is 0 Å². The van der Waals surface area contributed by atoms with Gasteiger partial charge in [0, 0.05) is 20.2 Å². The van der Waals surface area contributed by atoms with Gasteiger partial charge >= 0.3 is 5.97 Å². The van der Waals surface area contributed by atoms with Crippen molar-refractivity contribution in [2.75, 3.05) is 21.2 Å². The molecule has 0 heterocycles. The van der Waals surface area contributed by atoms with Crippen molar-refractivity contribution >= 4 is 17.6 Å². The molecule has 25 heavy (non-hydrogen) atoms. The molecule has 0 N–H and O–H groups in total. The van der Waals surface area contributed by atoms with Crippen molar-refractivity contribution in [3.05, 3.63) is 75.3 Å². The average Bonchev–Trinajstić information content (AvgIpc) is 2.61. The summed E-state index contributed by atoms with van der Waals surface area (Å²) in [6, 6.07) is 13.0. The van der Waals surface area contributed by atoms with Gasteiger partial charge in [0.1, 0.15) is 11.5 Å². The van der Waals surface area contributed by atoms with E-state index in [4.69, 9.17) is 4.74 Å². The lowest BCUT2D eigenvalue weighted by atomic mass is 9.90. The van der Waals surface area contributed by atoms with E-state index in [1.807, 2.05) is 6.07 Å². The van der Waals surface area contributed by atoms with Gasteiger partial charge in [0.2, 0.25) is 0 Å². The van der Waals surface area contributed by atoms with Crippen LogP contribution in [0.5, 0.6) is 0 Å². The van der Waals surface area contributed by atoms with Crippen LogP contribution in [0.1, 0.15) is 27.4 Å². The Hall–Kier alpha value is -3.22. The van der Waals surface area contributed by atoms with Crippen LogP contribution in [0.3, 0.4) is 0 Å². The lowest BCUT2D eigenvalue weighted by molar-refractivity contribution is -0.385. The molecule has 130 valence electrons. The predicted molar refractivity (Wildman–Crippen MR) is 91.4 cm³/mol. The molecule has 2 rings (SSSR count). The second-order valence-electron chi connectivity index (χ2n) is 5.60. The van der Waals surface area contributed by atoms with E-state index < -0.39 is 22.7 Å². The van der Waals surface area contributed by atoms with Crippen LogP contribution in [0.15, 0.2) is 48.5 Å². The van der Waals surface area contributed by atoms with Gasteiger partial charge < -0.3 is 9.64 Å². The van der Waals surface area contributed by atoms with Crippen LogP contribution in [0.25, 0.3) is 0 Å². The highest BCUT2D eigenvalue weighted by molar-refractivity contribution is 5.98. The number of carbonyl (C=O) groups excluding carboxylic acids is 2. The SMILES string of the molecule is COC(=O)C(c1ccccc1)c1ccc([N+](=O)[O-])c(C(=O)N(C)C)c1. The first-order valence-corrected chi connectivity index (χ1v) is 7.49. The zero-order valence-electron chi connectivity index (χ0n) is 14.1. The number of amides is 1. The molecular weight excluding hydrogens is 324 g/mol. The number of ether oxygens (including phenoxy) is 1. The molecule has 0 spiro atoms. The van der Waals surface area contributed by atoms with E-state index in [0.29, 0.717) is 11.1 Å². The third-order valence-electron chi connectivity index (χ3n) is 3.76. The van der Waals surface area contributed by atoms with Gasteiger partial charge in [-0.25, -0.2) is 0 Å². The number of hydrogen-bond acceptors (Lipinski definition) is 5. The molecule has 0 saturated carbocycles. The summed E-state index contributed by atoms with van der Waals surface area (Å²) in [6.07, 6.45) is 0. The summed E-state index contributed by atoms with van der Waals surface area (Å²) < 4.78 is 4.88. The van der Waals surface area contributed by atoms with Gasteiger partial charge in [-0.05, 0) is 17.2 Å². The lowest BCUT2D eigenvalue weighted by Crippen LogP contribution is -2.23. The Labute approximate surface area is 145 Å². The fourth-order valence-electron chi connectivity index (χ4n) is 2.53. The van der Waals surface area contributed by atoms with E-state index in [1.54, 1.807) is 24.3 Å². The maximum absolute atomic E-state index is 12.3. The smallest absolute Gasteiger partial charge is 0.317 e. The highest BCUT2D eigenvalue weighted by Crippen LogP contribution is 2.30. The first kappa shape index (κ1) is 18.1. The highest BCUT2D eigenvalue weighted by atomic mass is 16.6. The maximum atomic E-state index is 12.3. The van der Waals surface area contributed by atoms with Gasteiger partial charge in [-0.2, -0.15) is 0 Å². The van der Waals surface area contributed by atoms with Crippen molar-refractivity contribution < 1.29 is 19.2 Å². The van der Waals surface area contributed by atoms with Crippen molar-refractivity contribution in [1.29, 1.82) is 0 Å². The molecule has 7 heteroatoms. The molecule has 7 nitrogen and oxygen atoms in total. The monoisotopic (exact) mass is 342 g/mol. The topological polar surface area (TPSA) is 89.7 Å². The third-order valence-corrected chi connectivity index (χ3v) is 3.76. The number of esters is 1. The summed E-state index contributed by atoms with van der Waals surface area (Å²) in [5.74, 6) is -1.80. The van der Waals surface area contributed by atoms with E-state index in [-0.39, 0.29) is 11.3 Å². The van der Waals surface area contributed by atoms with Crippen molar-refractivity contribution in [2.45, 2.75) is 5.92 Å². The second kappa shape index (κ2) is 7.57. The fourth-order valence-corrected chi connectivity index (χ4v) is 2.53. The quantitative estimate of drug-likeness (QED) is 0.473. The molecule has 2 aromatic rings. The van der Waals surface area contributed by atoms with Crippen LogP contribution in [0.2, 0.25) is 0 Å². The van der Waals surface area contributed by atoms with Crippen molar-refractivity contribution in [3.63, 3.8) is 0 Å².